The van der Waals surface area contributed by atoms with Crippen LogP contribution in [0.1, 0.15) is 21.5 Å². The highest BCUT2D eigenvalue weighted by molar-refractivity contribution is 6.10. The van der Waals surface area contributed by atoms with Gasteiger partial charge in [0.1, 0.15) is 6.29 Å². The number of carbonyl (C=O) groups is 1. The van der Waals surface area contributed by atoms with E-state index < -0.39 is 0 Å². The zero-order valence-corrected chi connectivity index (χ0v) is 8.68. The van der Waals surface area contributed by atoms with Gasteiger partial charge in [0.15, 0.2) is 0 Å². The Bertz CT molecular complexity index is 500. The molecule has 0 spiro atoms. The lowest BCUT2D eigenvalue weighted by atomic mass is 10.0. The third-order valence-electron chi connectivity index (χ3n) is 2.40. The number of nitrogens with one attached hydrogen (secondary N) is 1. The number of benzene rings is 2. The summed E-state index contributed by atoms with van der Waals surface area (Å²) >= 11 is 0. The lowest BCUT2D eigenvalue weighted by Crippen LogP contribution is -2.00. The van der Waals surface area contributed by atoms with E-state index in [4.69, 9.17) is 5.41 Å². The fourth-order valence-corrected chi connectivity index (χ4v) is 1.50. The first-order chi connectivity index (χ1) is 7.81. The Labute approximate surface area is 94.1 Å². The molecule has 78 valence electrons. The van der Waals surface area contributed by atoms with Crippen LogP contribution in [-0.2, 0) is 0 Å². The lowest BCUT2D eigenvalue weighted by molar-refractivity contribution is 0.112. The van der Waals surface area contributed by atoms with Crippen LogP contribution in [0.5, 0.6) is 0 Å². The number of aldehydes is 1. The predicted octanol–water partition coefficient (Wildman–Crippen LogP) is 2.92. The minimum atomic E-state index is 0.470. The van der Waals surface area contributed by atoms with Crippen LogP contribution in [0, 0.1) is 5.41 Å². The Kier molecular flexibility index (Phi) is 2.92. The van der Waals surface area contributed by atoms with E-state index in [2.05, 4.69) is 0 Å². The van der Waals surface area contributed by atoms with Crippen LogP contribution < -0.4 is 0 Å². The highest BCUT2D eigenvalue weighted by Gasteiger charge is 2.03. The molecule has 2 rings (SSSR count). The molecule has 0 amide bonds. The Balaban J connectivity index is 2.31. The van der Waals surface area contributed by atoms with Gasteiger partial charge in [0, 0.05) is 11.1 Å². The van der Waals surface area contributed by atoms with E-state index >= 15 is 0 Å². The zero-order chi connectivity index (χ0) is 11.4. The van der Waals surface area contributed by atoms with Gasteiger partial charge in [-0.15, -0.1) is 0 Å². The van der Waals surface area contributed by atoms with E-state index in [0.717, 1.165) is 17.4 Å². The summed E-state index contributed by atoms with van der Waals surface area (Å²) in [5, 5.41) is 8.01. The number of rotatable bonds is 3. The number of carbonyl (C=O) groups excluding carboxylic acids is 1. The van der Waals surface area contributed by atoms with E-state index in [0.29, 0.717) is 11.3 Å². The Morgan fingerprint density at radius 1 is 0.875 bits per heavy atom. The zero-order valence-electron chi connectivity index (χ0n) is 8.68. The SMILES string of the molecule is N=C(c1ccccc1)c1ccc(C=O)cc1. The van der Waals surface area contributed by atoms with Crippen LogP contribution in [-0.4, -0.2) is 12.0 Å². The molecule has 16 heavy (non-hydrogen) atoms. The monoisotopic (exact) mass is 209 g/mol. The molecule has 0 aliphatic rings. The Morgan fingerprint density at radius 3 is 2.00 bits per heavy atom. The highest BCUT2D eigenvalue weighted by Crippen LogP contribution is 2.10. The Morgan fingerprint density at radius 2 is 1.44 bits per heavy atom. The first-order valence-electron chi connectivity index (χ1n) is 5.01. The van der Waals surface area contributed by atoms with Crippen molar-refractivity contribution in [2.45, 2.75) is 0 Å². The van der Waals surface area contributed by atoms with Gasteiger partial charge in [0.05, 0.1) is 5.71 Å². The van der Waals surface area contributed by atoms with Crippen LogP contribution in [0.15, 0.2) is 54.6 Å². The van der Waals surface area contributed by atoms with E-state index in [1.54, 1.807) is 24.3 Å². The summed E-state index contributed by atoms with van der Waals surface area (Å²) in [5.74, 6) is 0. The molecule has 0 aromatic heterocycles. The first-order valence-corrected chi connectivity index (χ1v) is 5.01. The predicted molar refractivity (Wildman–Crippen MR) is 64.2 cm³/mol. The van der Waals surface area contributed by atoms with Crippen LogP contribution >= 0.6 is 0 Å². The second-order valence-corrected chi connectivity index (χ2v) is 3.48. The fourth-order valence-electron chi connectivity index (χ4n) is 1.50. The van der Waals surface area contributed by atoms with E-state index in [-0.39, 0.29) is 0 Å². The van der Waals surface area contributed by atoms with Crippen molar-refractivity contribution < 1.29 is 4.79 Å². The van der Waals surface area contributed by atoms with Crippen molar-refractivity contribution in [3.63, 3.8) is 0 Å². The van der Waals surface area contributed by atoms with Crippen molar-refractivity contribution in [3.8, 4) is 0 Å². The molecule has 0 saturated carbocycles. The standard InChI is InChI=1S/C14H11NO/c15-14(12-4-2-1-3-5-12)13-8-6-11(10-16)7-9-13/h1-10,15H. The van der Waals surface area contributed by atoms with Gasteiger partial charge in [0.2, 0.25) is 0 Å². The van der Waals surface area contributed by atoms with Gasteiger partial charge in [-0.3, -0.25) is 10.2 Å². The minimum Gasteiger partial charge on any atom is -0.300 e. The molecule has 0 bridgehead atoms. The quantitative estimate of drug-likeness (QED) is 0.612. The fraction of sp³-hybridized carbons (Fsp3) is 0. The van der Waals surface area contributed by atoms with Crippen LogP contribution in [0.4, 0.5) is 0 Å². The molecule has 1 N–H and O–H groups in total. The Hall–Kier alpha value is -2.22. The normalized spacial score (nSPS) is 9.75. The van der Waals surface area contributed by atoms with Crippen molar-refractivity contribution in [3.05, 3.63) is 71.3 Å². The second kappa shape index (κ2) is 4.53. The van der Waals surface area contributed by atoms with E-state index in [1.165, 1.54) is 0 Å². The smallest absolute Gasteiger partial charge is 0.150 e. The summed E-state index contributed by atoms with van der Waals surface area (Å²) in [6, 6.07) is 16.6. The van der Waals surface area contributed by atoms with Gasteiger partial charge in [-0.1, -0.05) is 54.6 Å². The van der Waals surface area contributed by atoms with Crippen molar-refractivity contribution >= 4 is 12.0 Å². The highest BCUT2D eigenvalue weighted by atomic mass is 16.1. The van der Waals surface area contributed by atoms with Crippen molar-refractivity contribution in [1.82, 2.24) is 0 Å². The summed E-state index contributed by atoms with van der Waals surface area (Å²) in [7, 11) is 0. The van der Waals surface area contributed by atoms with Gasteiger partial charge in [-0.2, -0.15) is 0 Å². The lowest BCUT2D eigenvalue weighted by Gasteiger charge is -2.04. The molecule has 2 heteroatoms. The van der Waals surface area contributed by atoms with Gasteiger partial charge in [-0.25, -0.2) is 0 Å². The topological polar surface area (TPSA) is 40.9 Å². The molecule has 2 aromatic carbocycles. The van der Waals surface area contributed by atoms with Gasteiger partial charge >= 0.3 is 0 Å². The molecule has 2 aromatic rings. The number of hydrogen-bond donors (Lipinski definition) is 1. The molecular weight excluding hydrogens is 198 g/mol. The maximum Gasteiger partial charge on any atom is 0.150 e. The second-order valence-electron chi connectivity index (χ2n) is 3.48. The first kappa shape index (κ1) is 10.3. The number of hydrogen-bond acceptors (Lipinski definition) is 2. The minimum absolute atomic E-state index is 0.470. The molecule has 0 unspecified atom stereocenters. The largest absolute Gasteiger partial charge is 0.300 e. The maximum atomic E-state index is 10.5. The molecule has 0 heterocycles. The summed E-state index contributed by atoms with van der Waals surface area (Å²) < 4.78 is 0. The third kappa shape index (κ3) is 2.06. The summed E-state index contributed by atoms with van der Waals surface area (Å²) in [6.45, 7) is 0. The van der Waals surface area contributed by atoms with Crippen LogP contribution in [0.3, 0.4) is 0 Å². The maximum absolute atomic E-state index is 10.5. The van der Waals surface area contributed by atoms with Crippen LogP contribution in [0.25, 0.3) is 0 Å². The molecule has 0 fully saturated rings. The average Bonchev–Trinajstić information content (AvgIpc) is 2.39. The molecule has 0 saturated heterocycles. The van der Waals surface area contributed by atoms with Gasteiger partial charge in [0.25, 0.3) is 0 Å². The molecule has 0 aliphatic heterocycles. The van der Waals surface area contributed by atoms with Gasteiger partial charge in [-0.05, 0) is 5.56 Å². The molecule has 0 aliphatic carbocycles. The summed E-state index contributed by atoms with van der Waals surface area (Å²) in [5.41, 5.74) is 2.79. The van der Waals surface area contributed by atoms with Crippen molar-refractivity contribution in [2.75, 3.05) is 0 Å². The molecule has 2 nitrogen and oxygen atoms in total. The molecule has 0 radical (unpaired) electrons. The summed E-state index contributed by atoms with van der Waals surface area (Å²) in [6.07, 6.45) is 0.802. The van der Waals surface area contributed by atoms with Crippen molar-refractivity contribution in [1.29, 1.82) is 5.41 Å². The van der Waals surface area contributed by atoms with Crippen molar-refractivity contribution in [2.24, 2.45) is 0 Å². The molecular formula is C14H11NO. The van der Waals surface area contributed by atoms with Crippen LogP contribution in [0.2, 0.25) is 0 Å². The van der Waals surface area contributed by atoms with E-state index in [1.807, 2.05) is 30.3 Å². The van der Waals surface area contributed by atoms with Gasteiger partial charge < -0.3 is 0 Å². The molecule has 0 atom stereocenters. The summed E-state index contributed by atoms with van der Waals surface area (Å²) in [4.78, 5) is 10.5. The average molecular weight is 209 g/mol. The van der Waals surface area contributed by atoms with E-state index in [9.17, 15) is 4.79 Å². The third-order valence-corrected chi connectivity index (χ3v) is 2.40.